The summed E-state index contributed by atoms with van der Waals surface area (Å²) in [5.41, 5.74) is 1.60. The van der Waals surface area contributed by atoms with Crippen LogP contribution in [-0.2, 0) is 6.42 Å². The van der Waals surface area contributed by atoms with E-state index in [9.17, 15) is 4.79 Å². The van der Waals surface area contributed by atoms with Gasteiger partial charge in [0.2, 0.25) is 0 Å². The van der Waals surface area contributed by atoms with Gasteiger partial charge in [-0.05, 0) is 31.5 Å². The number of halogens is 1. The molecule has 2 aromatic rings. The number of ketones is 1. The lowest BCUT2D eigenvalue weighted by Crippen LogP contribution is -2.06. The zero-order valence-electron chi connectivity index (χ0n) is 10.5. The van der Waals surface area contributed by atoms with Crippen molar-refractivity contribution in [3.05, 3.63) is 46.5 Å². The van der Waals surface area contributed by atoms with Gasteiger partial charge in [0.1, 0.15) is 5.82 Å². The Bertz CT molecular complexity index is 575. The fourth-order valence-corrected chi connectivity index (χ4v) is 2.31. The molecule has 1 aromatic heterocycles. The van der Waals surface area contributed by atoms with Crippen LogP contribution >= 0.6 is 15.9 Å². The average molecular weight is 307 g/mol. The Balaban J connectivity index is 2.58. The zero-order chi connectivity index (χ0) is 13.1. The van der Waals surface area contributed by atoms with E-state index in [-0.39, 0.29) is 5.78 Å². The SMILES string of the molecule is CCCc1nccn1-c1cc(Br)ccc1C(C)=O. The molecule has 1 aromatic carbocycles. The molecule has 1 heterocycles. The van der Waals surface area contributed by atoms with Crippen LogP contribution in [0.5, 0.6) is 0 Å². The topological polar surface area (TPSA) is 34.9 Å². The number of hydrogen-bond acceptors (Lipinski definition) is 2. The number of rotatable bonds is 4. The molecule has 0 atom stereocenters. The van der Waals surface area contributed by atoms with Crippen LogP contribution in [0.3, 0.4) is 0 Å². The molecule has 18 heavy (non-hydrogen) atoms. The van der Waals surface area contributed by atoms with Crippen LogP contribution in [0, 0.1) is 0 Å². The minimum absolute atomic E-state index is 0.0636. The molecule has 0 fully saturated rings. The van der Waals surface area contributed by atoms with Gasteiger partial charge in [-0.15, -0.1) is 0 Å². The maximum absolute atomic E-state index is 11.7. The molecule has 0 aliphatic heterocycles. The van der Waals surface area contributed by atoms with Gasteiger partial charge in [0.25, 0.3) is 0 Å². The van der Waals surface area contributed by atoms with Crippen molar-refractivity contribution in [3.63, 3.8) is 0 Å². The Labute approximate surface area is 115 Å². The van der Waals surface area contributed by atoms with Gasteiger partial charge in [-0.25, -0.2) is 4.98 Å². The van der Waals surface area contributed by atoms with Gasteiger partial charge in [0.15, 0.2) is 5.78 Å². The largest absolute Gasteiger partial charge is 0.303 e. The molecule has 0 aliphatic carbocycles. The predicted molar refractivity (Wildman–Crippen MR) is 75.3 cm³/mol. The minimum Gasteiger partial charge on any atom is -0.303 e. The van der Waals surface area contributed by atoms with Crippen LogP contribution < -0.4 is 0 Å². The summed E-state index contributed by atoms with van der Waals surface area (Å²) in [5, 5.41) is 0. The molecular formula is C14H15BrN2O. The molecule has 0 N–H and O–H groups in total. The molecule has 0 aliphatic rings. The molecule has 0 saturated heterocycles. The van der Waals surface area contributed by atoms with Crippen molar-refractivity contribution in [2.75, 3.05) is 0 Å². The zero-order valence-corrected chi connectivity index (χ0v) is 12.1. The molecule has 0 spiro atoms. The summed E-state index contributed by atoms with van der Waals surface area (Å²) in [6, 6.07) is 5.69. The summed E-state index contributed by atoms with van der Waals surface area (Å²) < 4.78 is 2.95. The van der Waals surface area contributed by atoms with Crippen molar-refractivity contribution in [1.29, 1.82) is 0 Å². The van der Waals surface area contributed by atoms with Crippen molar-refractivity contribution in [1.82, 2.24) is 9.55 Å². The number of aryl methyl sites for hydroxylation is 1. The lowest BCUT2D eigenvalue weighted by Gasteiger charge is -2.11. The fourth-order valence-electron chi connectivity index (χ4n) is 1.96. The summed E-state index contributed by atoms with van der Waals surface area (Å²) in [6.07, 6.45) is 5.60. The Morgan fingerprint density at radius 3 is 2.89 bits per heavy atom. The molecule has 94 valence electrons. The molecule has 0 bridgehead atoms. The van der Waals surface area contributed by atoms with E-state index in [0.717, 1.165) is 28.8 Å². The van der Waals surface area contributed by atoms with Gasteiger partial charge >= 0.3 is 0 Å². The van der Waals surface area contributed by atoms with E-state index in [4.69, 9.17) is 0 Å². The first-order valence-electron chi connectivity index (χ1n) is 5.96. The lowest BCUT2D eigenvalue weighted by atomic mass is 10.1. The fraction of sp³-hybridized carbons (Fsp3) is 0.286. The Hall–Kier alpha value is -1.42. The quantitative estimate of drug-likeness (QED) is 0.806. The van der Waals surface area contributed by atoms with Crippen molar-refractivity contribution >= 4 is 21.7 Å². The first-order valence-corrected chi connectivity index (χ1v) is 6.76. The highest BCUT2D eigenvalue weighted by molar-refractivity contribution is 9.10. The maximum Gasteiger partial charge on any atom is 0.161 e. The van der Waals surface area contributed by atoms with Gasteiger partial charge in [0, 0.05) is 28.9 Å². The van der Waals surface area contributed by atoms with E-state index in [0.29, 0.717) is 5.56 Å². The Morgan fingerprint density at radius 1 is 1.44 bits per heavy atom. The maximum atomic E-state index is 11.7. The lowest BCUT2D eigenvalue weighted by molar-refractivity contribution is 0.101. The highest BCUT2D eigenvalue weighted by atomic mass is 79.9. The monoisotopic (exact) mass is 306 g/mol. The first kappa shape index (κ1) is 13.0. The third-order valence-corrected chi connectivity index (χ3v) is 3.28. The Kier molecular flexibility index (Phi) is 3.97. The molecule has 0 saturated carbocycles. The van der Waals surface area contributed by atoms with Crippen LogP contribution in [0.2, 0.25) is 0 Å². The number of hydrogen-bond donors (Lipinski definition) is 0. The van der Waals surface area contributed by atoms with E-state index < -0.39 is 0 Å². The van der Waals surface area contributed by atoms with Crippen molar-refractivity contribution in [3.8, 4) is 5.69 Å². The number of aromatic nitrogens is 2. The summed E-state index contributed by atoms with van der Waals surface area (Å²) >= 11 is 3.45. The molecule has 3 nitrogen and oxygen atoms in total. The number of carbonyl (C=O) groups excluding carboxylic acids is 1. The normalized spacial score (nSPS) is 10.6. The molecule has 0 unspecified atom stereocenters. The molecule has 2 rings (SSSR count). The number of nitrogens with zero attached hydrogens (tertiary/aromatic N) is 2. The number of imidazole rings is 1. The van der Waals surface area contributed by atoms with Gasteiger partial charge in [-0.3, -0.25) is 4.79 Å². The van der Waals surface area contributed by atoms with E-state index in [1.807, 2.05) is 29.0 Å². The summed E-state index contributed by atoms with van der Waals surface area (Å²) in [6.45, 7) is 3.70. The van der Waals surface area contributed by atoms with Crippen molar-refractivity contribution in [2.45, 2.75) is 26.7 Å². The first-order chi connectivity index (χ1) is 8.63. The van der Waals surface area contributed by atoms with Gasteiger partial charge in [-0.1, -0.05) is 22.9 Å². The third kappa shape index (κ3) is 2.53. The highest BCUT2D eigenvalue weighted by Gasteiger charge is 2.12. The van der Waals surface area contributed by atoms with Crippen LogP contribution in [0.15, 0.2) is 35.1 Å². The van der Waals surface area contributed by atoms with E-state index >= 15 is 0 Å². The van der Waals surface area contributed by atoms with Crippen LogP contribution in [-0.4, -0.2) is 15.3 Å². The molecule has 0 radical (unpaired) electrons. The van der Waals surface area contributed by atoms with Crippen LogP contribution in [0.25, 0.3) is 5.69 Å². The number of carbonyl (C=O) groups is 1. The highest BCUT2D eigenvalue weighted by Crippen LogP contribution is 2.22. The summed E-state index contributed by atoms with van der Waals surface area (Å²) in [4.78, 5) is 16.0. The smallest absolute Gasteiger partial charge is 0.161 e. The summed E-state index contributed by atoms with van der Waals surface area (Å²) in [5.74, 6) is 1.05. The van der Waals surface area contributed by atoms with Crippen LogP contribution in [0.4, 0.5) is 0 Å². The second kappa shape index (κ2) is 5.48. The minimum atomic E-state index is 0.0636. The number of benzene rings is 1. The van der Waals surface area contributed by atoms with E-state index in [2.05, 4.69) is 27.8 Å². The standard InChI is InChI=1S/C14H15BrN2O/c1-3-4-14-16-7-8-17(14)13-9-11(15)5-6-12(13)10(2)18/h5-9H,3-4H2,1-2H3. The van der Waals surface area contributed by atoms with Gasteiger partial charge < -0.3 is 4.57 Å². The van der Waals surface area contributed by atoms with Crippen LogP contribution in [0.1, 0.15) is 36.5 Å². The van der Waals surface area contributed by atoms with Gasteiger partial charge in [0.05, 0.1) is 5.69 Å². The summed E-state index contributed by atoms with van der Waals surface area (Å²) in [7, 11) is 0. The Morgan fingerprint density at radius 2 is 2.22 bits per heavy atom. The second-order valence-corrected chi connectivity index (χ2v) is 5.10. The third-order valence-electron chi connectivity index (χ3n) is 2.79. The number of Topliss-reactive ketones (excluding diaryl/α,β-unsaturated/α-hetero) is 1. The van der Waals surface area contributed by atoms with Gasteiger partial charge in [-0.2, -0.15) is 0 Å². The second-order valence-electron chi connectivity index (χ2n) is 4.18. The average Bonchev–Trinajstić information content (AvgIpc) is 2.77. The van der Waals surface area contributed by atoms with Crippen molar-refractivity contribution < 1.29 is 4.79 Å². The predicted octanol–water partition coefficient (Wildman–Crippen LogP) is 3.79. The molecule has 0 amide bonds. The molecular weight excluding hydrogens is 292 g/mol. The van der Waals surface area contributed by atoms with Crippen molar-refractivity contribution in [2.24, 2.45) is 0 Å². The van der Waals surface area contributed by atoms with E-state index in [1.54, 1.807) is 13.1 Å². The van der Waals surface area contributed by atoms with E-state index in [1.165, 1.54) is 0 Å². The molecule has 4 heteroatoms.